The molecule has 0 saturated carbocycles. The van der Waals surface area contributed by atoms with Gasteiger partial charge in [0.1, 0.15) is 0 Å². The molecule has 1 aliphatic rings. The van der Waals surface area contributed by atoms with Gasteiger partial charge in [-0.1, -0.05) is 155 Å². The van der Waals surface area contributed by atoms with Crippen LogP contribution in [0.2, 0.25) is 0 Å². The number of hydrogen-bond donors (Lipinski definition) is 0. The first-order chi connectivity index (χ1) is 28.9. The molecule has 0 unspecified atom stereocenters. The Bertz CT molecular complexity index is 2760. The second-order valence-electron chi connectivity index (χ2n) is 20.3. The molecule has 0 amide bonds. The van der Waals surface area contributed by atoms with Crippen LogP contribution < -0.4 is 0 Å². The summed E-state index contributed by atoms with van der Waals surface area (Å²) in [5, 5.41) is 2.58. The van der Waals surface area contributed by atoms with Gasteiger partial charge in [-0.25, -0.2) is 0 Å². The summed E-state index contributed by atoms with van der Waals surface area (Å²) in [6.45, 7) is 24.9. The van der Waals surface area contributed by atoms with E-state index in [2.05, 4.69) is 221 Å². The van der Waals surface area contributed by atoms with Crippen LogP contribution in [0.1, 0.15) is 104 Å². The number of fused-ring (bicyclic) bond motifs is 4. The maximum absolute atomic E-state index is 4.86. The van der Waals surface area contributed by atoms with Crippen molar-refractivity contribution in [1.82, 2.24) is 9.97 Å². The Labute approximate surface area is 384 Å². The van der Waals surface area contributed by atoms with Crippen molar-refractivity contribution >= 4 is 10.8 Å². The van der Waals surface area contributed by atoms with E-state index in [0.29, 0.717) is 0 Å². The minimum atomic E-state index is -0.107. The number of aromatic nitrogens is 2. The van der Waals surface area contributed by atoms with Crippen molar-refractivity contribution in [2.75, 3.05) is 0 Å². The van der Waals surface area contributed by atoms with Crippen molar-refractivity contribution in [3.63, 3.8) is 0 Å². The van der Waals surface area contributed by atoms with E-state index in [4.69, 9.17) is 4.98 Å². The molecule has 2 heterocycles. The van der Waals surface area contributed by atoms with Gasteiger partial charge < -0.3 is 9.97 Å². The fourth-order valence-corrected chi connectivity index (χ4v) is 8.58. The molecule has 62 heavy (non-hydrogen) atoms. The van der Waals surface area contributed by atoms with Crippen LogP contribution in [-0.4, -0.2) is 9.97 Å². The molecular formula is C59H58IrN2-2. The third-order valence-corrected chi connectivity index (χ3v) is 12.4. The van der Waals surface area contributed by atoms with Gasteiger partial charge >= 0.3 is 0 Å². The molecule has 8 aromatic rings. The molecule has 0 aliphatic heterocycles. The summed E-state index contributed by atoms with van der Waals surface area (Å²) in [5.74, 6) is 0. The van der Waals surface area contributed by atoms with Crippen molar-refractivity contribution in [3.05, 3.63) is 192 Å². The maximum Gasteiger partial charge on any atom is 0.0167 e. The third-order valence-electron chi connectivity index (χ3n) is 12.4. The summed E-state index contributed by atoms with van der Waals surface area (Å²) < 4.78 is 0. The molecule has 2 nitrogen and oxygen atoms in total. The van der Waals surface area contributed by atoms with E-state index in [1.807, 2.05) is 24.5 Å². The molecule has 1 radical (unpaired) electrons. The Morgan fingerprint density at radius 3 is 1.58 bits per heavy atom. The van der Waals surface area contributed by atoms with Crippen LogP contribution in [0.25, 0.3) is 66.7 Å². The van der Waals surface area contributed by atoms with Crippen molar-refractivity contribution in [3.8, 4) is 55.9 Å². The van der Waals surface area contributed by atoms with Gasteiger partial charge in [0.2, 0.25) is 0 Å². The van der Waals surface area contributed by atoms with E-state index in [9.17, 15) is 0 Å². The molecule has 0 spiro atoms. The zero-order valence-electron chi connectivity index (χ0n) is 38.2. The molecule has 3 heteroatoms. The third kappa shape index (κ3) is 9.03. The number of rotatable bonds is 4. The van der Waals surface area contributed by atoms with Crippen LogP contribution in [-0.2, 0) is 41.8 Å². The van der Waals surface area contributed by atoms with Crippen molar-refractivity contribution < 1.29 is 20.1 Å². The molecule has 0 bridgehead atoms. The molecule has 0 saturated heterocycles. The molecule has 6 aromatic carbocycles. The van der Waals surface area contributed by atoms with Gasteiger partial charge in [0.25, 0.3) is 0 Å². The predicted octanol–water partition coefficient (Wildman–Crippen LogP) is 15.8. The van der Waals surface area contributed by atoms with E-state index in [0.717, 1.165) is 22.5 Å². The quantitative estimate of drug-likeness (QED) is 0.164. The Morgan fingerprint density at radius 2 is 0.984 bits per heavy atom. The molecule has 1 aliphatic carbocycles. The SMILES string of the molecule is CC(C)(C)c1cc[c-]c(-c2nccc3c2C(C)(C)c2cc4ccccc4cc2-3)c1.CC(C)(C)c1ccc(-c2cc[c-]c(-c3cc(-c4ccc(C(C)(C)C)cc4)ccn3)c2)cc1.[Ir]. The number of pyridine rings is 2. The van der Waals surface area contributed by atoms with Gasteiger partial charge in [-0.3, -0.25) is 0 Å². The molecule has 9 rings (SSSR count). The van der Waals surface area contributed by atoms with Crippen molar-refractivity contribution in [1.29, 1.82) is 0 Å². The minimum absolute atomic E-state index is 0. The Hall–Kier alpha value is -5.47. The first-order valence-corrected chi connectivity index (χ1v) is 21.6. The Balaban J connectivity index is 0.000000184. The van der Waals surface area contributed by atoms with Crippen LogP contribution in [0.15, 0.2) is 152 Å². The van der Waals surface area contributed by atoms with E-state index < -0.39 is 0 Å². The minimum Gasteiger partial charge on any atom is -0.305 e. The van der Waals surface area contributed by atoms with Gasteiger partial charge in [-0.15, -0.1) is 70.8 Å². The summed E-state index contributed by atoms with van der Waals surface area (Å²) in [5.41, 5.74) is 18.5. The summed E-state index contributed by atoms with van der Waals surface area (Å²) in [6, 6.07) is 57.1. The topological polar surface area (TPSA) is 25.8 Å². The molecule has 315 valence electrons. The average Bonchev–Trinajstić information content (AvgIpc) is 3.47. The summed E-state index contributed by atoms with van der Waals surface area (Å²) in [4.78, 5) is 9.50. The molecule has 0 atom stereocenters. The Kier molecular flexibility index (Phi) is 12.2. The normalized spacial score (nSPS) is 13.1. The van der Waals surface area contributed by atoms with Gasteiger partial charge in [-0.2, -0.15) is 0 Å². The predicted molar refractivity (Wildman–Crippen MR) is 259 cm³/mol. The maximum atomic E-state index is 4.86. The van der Waals surface area contributed by atoms with Crippen LogP contribution in [0.5, 0.6) is 0 Å². The number of hydrogen-bond acceptors (Lipinski definition) is 2. The fourth-order valence-electron chi connectivity index (χ4n) is 8.58. The Morgan fingerprint density at radius 1 is 0.452 bits per heavy atom. The van der Waals surface area contributed by atoms with E-state index in [1.54, 1.807) is 0 Å². The zero-order valence-corrected chi connectivity index (χ0v) is 40.6. The van der Waals surface area contributed by atoms with Crippen molar-refractivity contribution in [2.24, 2.45) is 0 Å². The first-order valence-electron chi connectivity index (χ1n) is 21.6. The molecule has 0 fully saturated rings. The first kappa shape index (κ1) is 44.6. The van der Waals surface area contributed by atoms with E-state index >= 15 is 0 Å². The summed E-state index contributed by atoms with van der Waals surface area (Å²) in [7, 11) is 0. The van der Waals surface area contributed by atoms with Crippen LogP contribution >= 0.6 is 0 Å². The monoisotopic (exact) mass is 987 g/mol. The average molecular weight is 987 g/mol. The second kappa shape index (κ2) is 17.0. The van der Waals surface area contributed by atoms with Gasteiger partial charge in [0.05, 0.1) is 0 Å². The standard InChI is InChI=1S/C31H32N.C28H26N.Ir/c1-30(2,3)27-14-10-22(11-15-27)24-8-7-9-26(20-24)29-21-25(18-19-32-29)23-12-16-28(17-13-23)31(4,5)6;1-27(2,3)21-12-8-11-20(15-21)26-25-22(13-14-29-26)23-16-18-9-6-7-10-19(18)17-24(23)28(25,4)5;/h7-8,10-21H,1-6H3;6-10,12-17H,1-5H3;/q2*-1;. The molecule has 2 aromatic heterocycles. The van der Waals surface area contributed by atoms with Crippen LogP contribution in [0.4, 0.5) is 0 Å². The smallest absolute Gasteiger partial charge is 0.0167 e. The van der Waals surface area contributed by atoms with Gasteiger partial charge in [0.15, 0.2) is 0 Å². The molecule has 0 N–H and O–H groups in total. The molecular weight excluding hydrogens is 929 g/mol. The largest absolute Gasteiger partial charge is 0.305 e. The zero-order chi connectivity index (χ0) is 43.3. The van der Waals surface area contributed by atoms with E-state index in [-0.39, 0.29) is 41.8 Å². The second-order valence-corrected chi connectivity index (χ2v) is 20.3. The number of benzene rings is 6. The van der Waals surface area contributed by atoms with Crippen LogP contribution in [0, 0.1) is 12.1 Å². The summed E-state index contributed by atoms with van der Waals surface area (Å²) >= 11 is 0. The van der Waals surface area contributed by atoms with Crippen molar-refractivity contribution in [2.45, 2.75) is 97.8 Å². The fraction of sp³-hybridized carbons (Fsp3) is 0.254. The van der Waals surface area contributed by atoms with Crippen LogP contribution in [0.3, 0.4) is 0 Å². The number of nitrogens with zero attached hydrogens (tertiary/aromatic N) is 2. The van der Waals surface area contributed by atoms with E-state index in [1.165, 1.54) is 72.0 Å². The summed E-state index contributed by atoms with van der Waals surface area (Å²) in [6.07, 6.45) is 3.84. The van der Waals surface area contributed by atoms with Gasteiger partial charge in [-0.05, 0) is 113 Å². The van der Waals surface area contributed by atoms with Gasteiger partial charge in [0, 0.05) is 37.9 Å².